The fourth-order valence-corrected chi connectivity index (χ4v) is 3.26. The van der Waals surface area contributed by atoms with E-state index < -0.39 is 0 Å². The van der Waals surface area contributed by atoms with Gasteiger partial charge in [0.05, 0.1) is 6.04 Å². The Kier molecular flexibility index (Phi) is 4.62. The number of hydrogen-bond donors (Lipinski definition) is 2. The van der Waals surface area contributed by atoms with E-state index in [0.717, 1.165) is 6.42 Å². The molecule has 1 heterocycles. The Morgan fingerprint density at radius 2 is 2.12 bits per heavy atom. The van der Waals surface area contributed by atoms with Crippen LogP contribution in [-0.4, -0.2) is 6.26 Å². The lowest BCUT2D eigenvalue weighted by Crippen LogP contribution is -2.29. The van der Waals surface area contributed by atoms with Gasteiger partial charge in [0.15, 0.2) is 0 Å². The smallest absolute Gasteiger partial charge is 0.0519 e. The summed E-state index contributed by atoms with van der Waals surface area (Å²) in [5.74, 6) is 5.69. The molecule has 2 nitrogen and oxygen atoms in total. The van der Waals surface area contributed by atoms with E-state index in [1.807, 2.05) is 0 Å². The summed E-state index contributed by atoms with van der Waals surface area (Å²) in [4.78, 5) is 2.64. The van der Waals surface area contributed by atoms with Gasteiger partial charge in [-0.3, -0.25) is 11.3 Å². The second-order valence-corrected chi connectivity index (χ2v) is 5.63. The molecule has 90 valence electrons. The second kappa shape index (κ2) is 6.21. The van der Waals surface area contributed by atoms with E-state index in [1.165, 1.54) is 15.3 Å². The standard InChI is InChI=1S/C13H16N2S2/c1-16-13-7-3-2-6-11(13)12(15-14)9-10-5-4-8-17-10/h2-8,12,15H,9,14H2,1H3. The van der Waals surface area contributed by atoms with E-state index >= 15 is 0 Å². The Morgan fingerprint density at radius 1 is 1.29 bits per heavy atom. The predicted octanol–water partition coefficient (Wildman–Crippen LogP) is 3.22. The van der Waals surface area contributed by atoms with Crippen LogP contribution in [0.2, 0.25) is 0 Å². The molecule has 0 aliphatic rings. The second-order valence-electron chi connectivity index (χ2n) is 3.74. The summed E-state index contributed by atoms with van der Waals surface area (Å²) in [5, 5.41) is 2.10. The normalized spacial score (nSPS) is 12.6. The van der Waals surface area contributed by atoms with Gasteiger partial charge in [0, 0.05) is 16.2 Å². The summed E-state index contributed by atoms with van der Waals surface area (Å²) in [6, 6.07) is 12.8. The minimum atomic E-state index is 0.178. The predicted molar refractivity (Wildman–Crippen MR) is 76.3 cm³/mol. The molecule has 0 aliphatic heterocycles. The lowest BCUT2D eigenvalue weighted by molar-refractivity contribution is 0.548. The molecule has 0 aliphatic carbocycles. The molecule has 0 bridgehead atoms. The molecule has 4 heteroatoms. The summed E-state index contributed by atoms with van der Waals surface area (Å²) in [6.07, 6.45) is 3.03. The number of benzene rings is 1. The molecular weight excluding hydrogens is 248 g/mol. The molecule has 1 unspecified atom stereocenters. The van der Waals surface area contributed by atoms with Crippen LogP contribution in [0.5, 0.6) is 0 Å². The van der Waals surface area contributed by atoms with Gasteiger partial charge in [-0.1, -0.05) is 24.3 Å². The zero-order valence-corrected chi connectivity index (χ0v) is 11.4. The monoisotopic (exact) mass is 264 g/mol. The highest BCUT2D eigenvalue weighted by Crippen LogP contribution is 2.28. The summed E-state index contributed by atoms with van der Waals surface area (Å²) in [7, 11) is 0. The number of thioether (sulfide) groups is 1. The third-order valence-electron chi connectivity index (χ3n) is 2.70. The molecule has 3 N–H and O–H groups in total. The fraction of sp³-hybridized carbons (Fsp3) is 0.231. The number of rotatable bonds is 5. The Balaban J connectivity index is 2.22. The molecule has 1 aromatic carbocycles. The van der Waals surface area contributed by atoms with E-state index in [9.17, 15) is 0 Å². The number of thiophene rings is 1. The van der Waals surface area contributed by atoms with Gasteiger partial charge < -0.3 is 0 Å². The number of hydrogen-bond acceptors (Lipinski definition) is 4. The van der Waals surface area contributed by atoms with Crippen molar-refractivity contribution < 1.29 is 0 Å². The Morgan fingerprint density at radius 3 is 2.76 bits per heavy atom. The van der Waals surface area contributed by atoms with Crippen LogP contribution < -0.4 is 11.3 Å². The largest absolute Gasteiger partial charge is 0.271 e. The molecule has 2 aromatic rings. The minimum Gasteiger partial charge on any atom is -0.271 e. The van der Waals surface area contributed by atoms with Crippen LogP contribution in [0.15, 0.2) is 46.7 Å². The van der Waals surface area contributed by atoms with E-state index in [2.05, 4.69) is 53.5 Å². The van der Waals surface area contributed by atoms with E-state index in [4.69, 9.17) is 5.84 Å². The first-order valence-corrected chi connectivity index (χ1v) is 7.57. The van der Waals surface area contributed by atoms with Gasteiger partial charge in [-0.25, -0.2) is 0 Å². The zero-order chi connectivity index (χ0) is 12.1. The van der Waals surface area contributed by atoms with Crippen molar-refractivity contribution in [1.29, 1.82) is 0 Å². The lowest BCUT2D eigenvalue weighted by Gasteiger charge is -2.18. The van der Waals surface area contributed by atoms with Gasteiger partial charge in [0.25, 0.3) is 0 Å². The van der Waals surface area contributed by atoms with Crippen LogP contribution >= 0.6 is 23.1 Å². The number of nitrogens with two attached hydrogens (primary N) is 1. The summed E-state index contributed by atoms with van der Waals surface area (Å²) >= 11 is 3.53. The molecule has 0 spiro atoms. The average molecular weight is 264 g/mol. The average Bonchev–Trinajstić information content (AvgIpc) is 2.89. The Bertz CT molecular complexity index is 454. The van der Waals surface area contributed by atoms with Gasteiger partial charge in [-0.15, -0.1) is 23.1 Å². The van der Waals surface area contributed by atoms with Crippen molar-refractivity contribution in [1.82, 2.24) is 5.43 Å². The van der Waals surface area contributed by atoms with Crippen LogP contribution in [0.25, 0.3) is 0 Å². The molecule has 17 heavy (non-hydrogen) atoms. The third kappa shape index (κ3) is 3.10. The molecule has 0 radical (unpaired) electrons. The van der Waals surface area contributed by atoms with Crippen LogP contribution in [0.1, 0.15) is 16.5 Å². The van der Waals surface area contributed by atoms with Crippen molar-refractivity contribution in [3.05, 3.63) is 52.2 Å². The number of hydrazine groups is 1. The molecule has 0 saturated carbocycles. The van der Waals surface area contributed by atoms with Crippen molar-refractivity contribution in [3.63, 3.8) is 0 Å². The van der Waals surface area contributed by atoms with Gasteiger partial charge in [0.2, 0.25) is 0 Å². The van der Waals surface area contributed by atoms with Gasteiger partial charge in [-0.2, -0.15) is 0 Å². The minimum absolute atomic E-state index is 0.178. The van der Waals surface area contributed by atoms with Crippen LogP contribution in [0.4, 0.5) is 0 Å². The fourth-order valence-electron chi connectivity index (χ4n) is 1.84. The molecular formula is C13H16N2S2. The SMILES string of the molecule is CSc1ccccc1C(Cc1cccs1)NN. The molecule has 1 atom stereocenters. The summed E-state index contributed by atoms with van der Waals surface area (Å²) < 4.78 is 0. The van der Waals surface area contributed by atoms with Crippen molar-refractivity contribution in [2.24, 2.45) is 5.84 Å². The molecule has 0 fully saturated rings. The first-order chi connectivity index (χ1) is 8.35. The van der Waals surface area contributed by atoms with Crippen LogP contribution in [0.3, 0.4) is 0 Å². The number of nitrogens with one attached hydrogen (secondary N) is 1. The molecule has 2 rings (SSSR count). The van der Waals surface area contributed by atoms with Crippen molar-refractivity contribution in [2.45, 2.75) is 17.4 Å². The molecule has 0 amide bonds. The maximum Gasteiger partial charge on any atom is 0.0519 e. The lowest BCUT2D eigenvalue weighted by atomic mass is 10.0. The van der Waals surface area contributed by atoms with E-state index in [1.54, 1.807) is 23.1 Å². The van der Waals surface area contributed by atoms with Crippen molar-refractivity contribution in [2.75, 3.05) is 6.26 Å². The Labute approximate surface area is 110 Å². The van der Waals surface area contributed by atoms with Gasteiger partial charge in [-0.05, 0) is 29.3 Å². The van der Waals surface area contributed by atoms with Crippen LogP contribution in [0, 0.1) is 0 Å². The highest BCUT2D eigenvalue weighted by atomic mass is 32.2. The highest BCUT2D eigenvalue weighted by molar-refractivity contribution is 7.98. The van der Waals surface area contributed by atoms with Gasteiger partial charge in [0.1, 0.15) is 0 Å². The zero-order valence-electron chi connectivity index (χ0n) is 9.72. The van der Waals surface area contributed by atoms with Crippen molar-refractivity contribution in [3.8, 4) is 0 Å². The first-order valence-electron chi connectivity index (χ1n) is 5.46. The Hall–Kier alpha value is -0.810. The maximum absolute atomic E-state index is 5.69. The highest BCUT2D eigenvalue weighted by Gasteiger charge is 2.14. The quantitative estimate of drug-likeness (QED) is 0.495. The first kappa shape index (κ1) is 12.6. The van der Waals surface area contributed by atoms with E-state index in [0.29, 0.717) is 0 Å². The summed E-state index contributed by atoms with van der Waals surface area (Å²) in [5.41, 5.74) is 4.20. The van der Waals surface area contributed by atoms with Crippen molar-refractivity contribution >= 4 is 23.1 Å². The molecule has 0 saturated heterocycles. The third-order valence-corrected chi connectivity index (χ3v) is 4.41. The molecule has 1 aromatic heterocycles. The summed E-state index contributed by atoms with van der Waals surface area (Å²) in [6.45, 7) is 0. The maximum atomic E-state index is 5.69. The van der Waals surface area contributed by atoms with Gasteiger partial charge >= 0.3 is 0 Å². The van der Waals surface area contributed by atoms with E-state index in [-0.39, 0.29) is 6.04 Å². The van der Waals surface area contributed by atoms with Crippen LogP contribution in [-0.2, 0) is 6.42 Å². The topological polar surface area (TPSA) is 38.0 Å².